The minimum Gasteiger partial charge on any atom is -0.462 e. The van der Waals surface area contributed by atoms with E-state index < -0.39 is 24.6 Å². The third-order valence-electron chi connectivity index (χ3n) is 4.89. The van der Waals surface area contributed by atoms with Crippen LogP contribution < -0.4 is 10.1 Å². The molecule has 0 bridgehead atoms. The van der Waals surface area contributed by atoms with E-state index >= 15 is 0 Å². The van der Waals surface area contributed by atoms with Gasteiger partial charge in [-0.25, -0.2) is 0 Å². The van der Waals surface area contributed by atoms with Crippen LogP contribution in [0.2, 0.25) is 0 Å². The lowest BCUT2D eigenvalue weighted by Gasteiger charge is -2.35. The van der Waals surface area contributed by atoms with Crippen molar-refractivity contribution >= 4 is 5.91 Å². The van der Waals surface area contributed by atoms with Crippen LogP contribution >= 0.6 is 0 Å². The first-order valence-corrected chi connectivity index (χ1v) is 9.62. The van der Waals surface area contributed by atoms with Crippen LogP contribution in [-0.2, 0) is 16.0 Å². The van der Waals surface area contributed by atoms with Crippen molar-refractivity contribution in [1.82, 2.24) is 5.32 Å². The van der Waals surface area contributed by atoms with Crippen LogP contribution in [0.1, 0.15) is 18.1 Å². The van der Waals surface area contributed by atoms with Crippen LogP contribution in [0.25, 0.3) is 11.1 Å². The highest BCUT2D eigenvalue weighted by atomic mass is 16.7. The number of ether oxygens (including phenoxy) is 2. The zero-order valence-corrected chi connectivity index (χ0v) is 16.5. The maximum absolute atomic E-state index is 11.2. The summed E-state index contributed by atoms with van der Waals surface area (Å²) in [6, 6.07) is 13.6. The first-order chi connectivity index (χ1) is 13.8. The molecule has 0 radical (unpaired) electrons. The molecule has 1 fully saturated rings. The van der Waals surface area contributed by atoms with E-state index in [-0.39, 0.29) is 12.5 Å². The van der Waals surface area contributed by atoms with Gasteiger partial charge in [0.05, 0.1) is 6.61 Å². The molecular formula is C22H27NO6. The summed E-state index contributed by atoms with van der Waals surface area (Å²) >= 11 is 0. The van der Waals surface area contributed by atoms with Gasteiger partial charge < -0.3 is 30.1 Å². The number of benzene rings is 2. The largest absolute Gasteiger partial charge is 0.462 e. The maximum atomic E-state index is 11.2. The fraction of sp³-hybridized carbons (Fsp3) is 0.409. The van der Waals surface area contributed by atoms with Gasteiger partial charge in [0.1, 0.15) is 24.1 Å². The summed E-state index contributed by atoms with van der Waals surface area (Å²) in [5.41, 5.74) is 4.11. The number of nitrogens with one attached hydrogen (secondary N) is 1. The molecule has 156 valence electrons. The number of aryl methyl sites for hydroxylation is 1. The summed E-state index contributed by atoms with van der Waals surface area (Å²) in [4.78, 5) is 11.2. The molecule has 1 unspecified atom stereocenters. The van der Waals surface area contributed by atoms with E-state index in [2.05, 4.69) is 11.4 Å². The van der Waals surface area contributed by atoms with E-state index in [0.717, 1.165) is 22.3 Å². The fourth-order valence-corrected chi connectivity index (χ4v) is 3.32. The number of aliphatic hydroxyl groups excluding tert-OH is 3. The quantitative estimate of drug-likeness (QED) is 0.579. The molecule has 0 spiro atoms. The lowest BCUT2D eigenvalue weighted by Crippen LogP contribution is -2.54. The second kappa shape index (κ2) is 9.37. The Morgan fingerprint density at radius 1 is 1.17 bits per heavy atom. The molecule has 4 N–H and O–H groups in total. The predicted molar refractivity (Wildman–Crippen MR) is 107 cm³/mol. The summed E-state index contributed by atoms with van der Waals surface area (Å²) in [7, 11) is 0. The van der Waals surface area contributed by atoms with Crippen molar-refractivity contribution in [2.75, 3.05) is 13.2 Å². The molecule has 0 aliphatic carbocycles. The normalized spacial score (nSPS) is 24.2. The van der Waals surface area contributed by atoms with Crippen LogP contribution in [0.4, 0.5) is 0 Å². The Labute approximate surface area is 169 Å². The standard InChI is InChI=1S/C22H27NO6/c1-13-4-3-5-16(10-13)18-11-17(7-6-15(18)8-9-23-14(2)24)29-22-21(27)20(26)19(25)12-28-22/h3-7,10-11,19-22,25-27H,8-9,12H2,1-2H3,(H,23,24)/t19-,20+,21-,22?/m1/s1. The molecule has 7 nitrogen and oxygen atoms in total. The summed E-state index contributed by atoms with van der Waals surface area (Å²) < 4.78 is 11.1. The first kappa shape index (κ1) is 21.3. The summed E-state index contributed by atoms with van der Waals surface area (Å²) in [6.07, 6.45) is -4.27. The van der Waals surface area contributed by atoms with Crippen molar-refractivity contribution in [1.29, 1.82) is 0 Å². The smallest absolute Gasteiger partial charge is 0.228 e. The van der Waals surface area contributed by atoms with Gasteiger partial charge in [0.25, 0.3) is 0 Å². The van der Waals surface area contributed by atoms with E-state index in [1.54, 1.807) is 6.07 Å². The van der Waals surface area contributed by atoms with Crippen LogP contribution in [-0.4, -0.2) is 59.0 Å². The zero-order valence-electron chi connectivity index (χ0n) is 16.5. The molecule has 4 atom stereocenters. The van der Waals surface area contributed by atoms with Gasteiger partial charge >= 0.3 is 0 Å². The van der Waals surface area contributed by atoms with Gasteiger partial charge in [-0.2, -0.15) is 0 Å². The van der Waals surface area contributed by atoms with Gasteiger partial charge in [-0.15, -0.1) is 0 Å². The van der Waals surface area contributed by atoms with Gasteiger partial charge in [-0.1, -0.05) is 35.9 Å². The molecule has 3 rings (SSSR count). The zero-order chi connectivity index (χ0) is 21.0. The molecule has 29 heavy (non-hydrogen) atoms. The molecule has 2 aromatic carbocycles. The lowest BCUT2D eigenvalue weighted by atomic mass is 9.96. The highest BCUT2D eigenvalue weighted by Crippen LogP contribution is 2.30. The van der Waals surface area contributed by atoms with Gasteiger partial charge in [0.15, 0.2) is 0 Å². The highest BCUT2D eigenvalue weighted by molar-refractivity contribution is 5.73. The second-order valence-corrected chi connectivity index (χ2v) is 7.29. The van der Waals surface area contributed by atoms with Crippen molar-refractivity contribution in [3.8, 4) is 16.9 Å². The first-order valence-electron chi connectivity index (χ1n) is 9.62. The summed E-state index contributed by atoms with van der Waals surface area (Å²) in [5, 5.41) is 32.4. The molecule has 2 aromatic rings. The minimum absolute atomic E-state index is 0.0776. The van der Waals surface area contributed by atoms with Crippen molar-refractivity contribution < 1.29 is 29.6 Å². The third kappa shape index (κ3) is 5.33. The predicted octanol–water partition coefficient (Wildman–Crippen LogP) is 1.16. The van der Waals surface area contributed by atoms with Crippen LogP contribution in [0.5, 0.6) is 5.75 Å². The minimum atomic E-state index is -1.36. The molecule has 1 saturated heterocycles. The number of hydrogen-bond acceptors (Lipinski definition) is 6. The molecule has 1 aliphatic rings. The number of carbonyl (C=O) groups is 1. The van der Waals surface area contributed by atoms with E-state index in [9.17, 15) is 20.1 Å². The van der Waals surface area contributed by atoms with Gasteiger partial charge in [0.2, 0.25) is 12.2 Å². The van der Waals surface area contributed by atoms with Crippen molar-refractivity contribution in [3.63, 3.8) is 0 Å². The van der Waals surface area contributed by atoms with Crippen molar-refractivity contribution in [2.45, 2.75) is 44.9 Å². The van der Waals surface area contributed by atoms with Gasteiger partial charge in [-0.3, -0.25) is 4.79 Å². The fourth-order valence-electron chi connectivity index (χ4n) is 3.32. The average molecular weight is 401 g/mol. The monoisotopic (exact) mass is 401 g/mol. The molecule has 0 aromatic heterocycles. The Hall–Kier alpha value is -2.45. The number of aliphatic hydroxyl groups is 3. The number of amides is 1. The lowest BCUT2D eigenvalue weighted by molar-refractivity contribution is -0.242. The summed E-state index contributed by atoms with van der Waals surface area (Å²) in [5.74, 6) is 0.392. The van der Waals surface area contributed by atoms with Gasteiger partial charge in [-0.05, 0) is 42.2 Å². The third-order valence-corrected chi connectivity index (χ3v) is 4.89. The Balaban J connectivity index is 1.85. The van der Waals surface area contributed by atoms with E-state index in [0.29, 0.717) is 18.7 Å². The Morgan fingerprint density at radius 3 is 2.69 bits per heavy atom. The Morgan fingerprint density at radius 2 is 1.97 bits per heavy atom. The van der Waals surface area contributed by atoms with Crippen molar-refractivity contribution in [3.05, 3.63) is 53.6 Å². The Bertz CT molecular complexity index is 855. The second-order valence-electron chi connectivity index (χ2n) is 7.29. The molecule has 1 heterocycles. The molecule has 0 saturated carbocycles. The van der Waals surface area contributed by atoms with Crippen LogP contribution in [0, 0.1) is 6.92 Å². The van der Waals surface area contributed by atoms with Gasteiger partial charge in [0, 0.05) is 13.5 Å². The summed E-state index contributed by atoms with van der Waals surface area (Å²) in [6.45, 7) is 3.89. The van der Waals surface area contributed by atoms with E-state index in [4.69, 9.17) is 9.47 Å². The van der Waals surface area contributed by atoms with E-state index in [1.807, 2.05) is 37.3 Å². The SMILES string of the molecule is CC(=O)NCCc1ccc(OC2OC[C@@H](O)[C@H](O)[C@H]2O)cc1-c1cccc(C)c1. The average Bonchev–Trinajstić information content (AvgIpc) is 2.69. The van der Waals surface area contributed by atoms with Crippen LogP contribution in [0.3, 0.4) is 0 Å². The van der Waals surface area contributed by atoms with E-state index in [1.165, 1.54) is 6.92 Å². The van der Waals surface area contributed by atoms with Crippen molar-refractivity contribution in [2.24, 2.45) is 0 Å². The Kier molecular flexibility index (Phi) is 6.87. The number of rotatable bonds is 6. The topological polar surface area (TPSA) is 108 Å². The number of hydrogen-bond donors (Lipinski definition) is 4. The molecule has 1 amide bonds. The maximum Gasteiger partial charge on any atom is 0.228 e. The molecular weight excluding hydrogens is 374 g/mol. The van der Waals surface area contributed by atoms with Crippen LogP contribution in [0.15, 0.2) is 42.5 Å². The highest BCUT2D eigenvalue weighted by Gasteiger charge is 2.39. The number of carbonyl (C=O) groups excluding carboxylic acids is 1. The molecule has 7 heteroatoms. The molecule has 1 aliphatic heterocycles.